The molecule has 1 atom stereocenters. The number of carbonyl (C=O) groups is 1. The number of rotatable bonds is 8. The summed E-state index contributed by atoms with van der Waals surface area (Å²) in [5, 5.41) is 3.23. The topological polar surface area (TPSA) is 60.0 Å². The number of nitrogens with one attached hydrogen (secondary N) is 1. The molecule has 1 amide bonds. The Hall–Kier alpha value is -3.67. The molecular weight excluding hydrogens is 404 g/mol. The Labute approximate surface area is 188 Å². The van der Waals surface area contributed by atoms with Crippen LogP contribution in [-0.4, -0.2) is 39.9 Å². The lowest BCUT2D eigenvalue weighted by Crippen LogP contribution is -2.38. The molecule has 4 rings (SSSR count). The third kappa shape index (κ3) is 5.14. The minimum absolute atomic E-state index is 0.0899. The molecule has 166 valence electrons. The van der Waals surface area contributed by atoms with E-state index in [-0.39, 0.29) is 18.7 Å². The van der Waals surface area contributed by atoms with Crippen molar-refractivity contribution in [2.75, 3.05) is 32.9 Å². The van der Waals surface area contributed by atoms with E-state index in [1.54, 1.807) is 7.11 Å². The van der Waals surface area contributed by atoms with Crippen LogP contribution >= 0.6 is 0 Å². The second-order valence-corrected chi connectivity index (χ2v) is 8.06. The molecule has 0 radical (unpaired) electrons. The van der Waals surface area contributed by atoms with Crippen LogP contribution in [0.3, 0.4) is 0 Å². The fourth-order valence-corrected chi connectivity index (χ4v) is 3.77. The van der Waals surface area contributed by atoms with E-state index in [2.05, 4.69) is 5.32 Å². The van der Waals surface area contributed by atoms with Gasteiger partial charge >= 0.3 is 0 Å². The van der Waals surface area contributed by atoms with E-state index < -0.39 is 0 Å². The molecule has 6 heteroatoms. The average Bonchev–Trinajstić information content (AvgIpc) is 3.27. The van der Waals surface area contributed by atoms with Crippen molar-refractivity contribution in [2.45, 2.75) is 18.9 Å². The Morgan fingerprint density at radius 1 is 0.969 bits per heavy atom. The maximum Gasteiger partial charge on any atom is 0.251 e. The molecule has 32 heavy (non-hydrogen) atoms. The van der Waals surface area contributed by atoms with Gasteiger partial charge in [-0.15, -0.1) is 0 Å². The standard InChI is InChI=1S/C26H28N2O4/c1-28(2)22-6-4-5-20(16-22)26(29)27-21(13-18-7-10-23(30-3)11-8-18)14-19-9-12-24-25(15-19)32-17-31-24/h4-12,15-16,21H,13-14,17H2,1-3H3,(H,27,29). The third-order valence-corrected chi connectivity index (χ3v) is 5.52. The highest BCUT2D eigenvalue weighted by molar-refractivity contribution is 5.95. The van der Waals surface area contributed by atoms with E-state index in [0.29, 0.717) is 18.4 Å². The van der Waals surface area contributed by atoms with Crippen molar-refractivity contribution < 1.29 is 19.0 Å². The zero-order valence-electron chi connectivity index (χ0n) is 18.6. The smallest absolute Gasteiger partial charge is 0.251 e. The Morgan fingerprint density at radius 2 is 1.69 bits per heavy atom. The fraction of sp³-hybridized carbons (Fsp3) is 0.269. The SMILES string of the molecule is COc1ccc(CC(Cc2ccc3c(c2)OCO3)NC(=O)c2cccc(N(C)C)c2)cc1. The first-order valence-corrected chi connectivity index (χ1v) is 10.6. The van der Waals surface area contributed by atoms with Crippen molar-refractivity contribution in [3.8, 4) is 17.2 Å². The summed E-state index contributed by atoms with van der Waals surface area (Å²) in [6.07, 6.45) is 1.36. The van der Waals surface area contributed by atoms with Crippen LogP contribution in [0.1, 0.15) is 21.5 Å². The number of carbonyl (C=O) groups excluding carboxylic acids is 1. The van der Waals surface area contributed by atoms with Crippen LogP contribution in [0, 0.1) is 0 Å². The summed E-state index contributed by atoms with van der Waals surface area (Å²) in [7, 11) is 5.58. The lowest BCUT2D eigenvalue weighted by molar-refractivity contribution is 0.0936. The van der Waals surface area contributed by atoms with E-state index in [1.165, 1.54) is 0 Å². The van der Waals surface area contributed by atoms with Crippen molar-refractivity contribution >= 4 is 11.6 Å². The lowest BCUT2D eigenvalue weighted by atomic mass is 9.98. The van der Waals surface area contributed by atoms with E-state index in [1.807, 2.05) is 85.7 Å². The van der Waals surface area contributed by atoms with Gasteiger partial charge in [-0.25, -0.2) is 0 Å². The summed E-state index contributed by atoms with van der Waals surface area (Å²) in [5.41, 5.74) is 3.83. The Balaban J connectivity index is 1.54. The molecule has 6 nitrogen and oxygen atoms in total. The summed E-state index contributed by atoms with van der Waals surface area (Å²) in [5.74, 6) is 2.22. The first-order chi connectivity index (χ1) is 15.5. The van der Waals surface area contributed by atoms with Gasteiger partial charge in [0.1, 0.15) is 5.75 Å². The predicted octanol–water partition coefficient (Wildman–Crippen LogP) is 4.07. The highest BCUT2D eigenvalue weighted by Crippen LogP contribution is 2.33. The zero-order chi connectivity index (χ0) is 22.5. The molecule has 0 aromatic heterocycles. The number of anilines is 1. The normalized spacial score (nSPS) is 12.8. The van der Waals surface area contributed by atoms with Crippen LogP contribution in [0.25, 0.3) is 0 Å². The number of ether oxygens (including phenoxy) is 3. The molecule has 0 saturated heterocycles. The third-order valence-electron chi connectivity index (χ3n) is 5.52. The van der Waals surface area contributed by atoms with Crippen LogP contribution in [-0.2, 0) is 12.8 Å². The summed E-state index contributed by atoms with van der Waals surface area (Å²) < 4.78 is 16.2. The molecule has 0 fully saturated rings. The summed E-state index contributed by atoms with van der Waals surface area (Å²) in [6.45, 7) is 0.243. The van der Waals surface area contributed by atoms with Gasteiger partial charge < -0.3 is 24.4 Å². The van der Waals surface area contributed by atoms with Gasteiger partial charge in [0.25, 0.3) is 5.91 Å². The zero-order valence-corrected chi connectivity index (χ0v) is 18.6. The predicted molar refractivity (Wildman–Crippen MR) is 125 cm³/mol. The summed E-state index contributed by atoms with van der Waals surface area (Å²) in [4.78, 5) is 15.1. The highest BCUT2D eigenvalue weighted by atomic mass is 16.7. The van der Waals surface area contributed by atoms with E-state index in [0.717, 1.165) is 34.1 Å². The summed E-state index contributed by atoms with van der Waals surface area (Å²) >= 11 is 0. The van der Waals surface area contributed by atoms with Crippen molar-refractivity contribution in [1.29, 1.82) is 0 Å². The molecule has 3 aromatic carbocycles. The minimum Gasteiger partial charge on any atom is -0.497 e. The monoisotopic (exact) mass is 432 g/mol. The van der Waals surface area contributed by atoms with Gasteiger partial charge in [0.15, 0.2) is 11.5 Å². The van der Waals surface area contributed by atoms with Gasteiger partial charge in [0.05, 0.1) is 7.11 Å². The average molecular weight is 433 g/mol. The molecule has 1 aliphatic rings. The fourth-order valence-electron chi connectivity index (χ4n) is 3.77. The van der Waals surface area contributed by atoms with Gasteiger partial charge in [0.2, 0.25) is 6.79 Å². The van der Waals surface area contributed by atoms with Crippen LogP contribution in [0.4, 0.5) is 5.69 Å². The Bertz CT molecular complexity index is 1080. The van der Waals surface area contributed by atoms with Gasteiger partial charge in [-0.1, -0.05) is 24.3 Å². The summed E-state index contributed by atoms with van der Waals surface area (Å²) in [6, 6.07) is 21.4. The van der Waals surface area contributed by atoms with E-state index in [4.69, 9.17) is 14.2 Å². The molecule has 0 bridgehead atoms. The van der Waals surface area contributed by atoms with Crippen LogP contribution < -0.4 is 24.4 Å². The molecule has 3 aromatic rings. The van der Waals surface area contributed by atoms with E-state index in [9.17, 15) is 4.79 Å². The quantitative estimate of drug-likeness (QED) is 0.581. The van der Waals surface area contributed by atoms with E-state index >= 15 is 0 Å². The van der Waals surface area contributed by atoms with Gasteiger partial charge in [0, 0.05) is 31.4 Å². The highest BCUT2D eigenvalue weighted by Gasteiger charge is 2.19. The second kappa shape index (κ2) is 9.64. The molecule has 1 unspecified atom stereocenters. The van der Waals surface area contributed by atoms with Crippen LogP contribution in [0.5, 0.6) is 17.2 Å². The lowest BCUT2D eigenvalue weighted by Gasteiger charge is -2.20. The van der Waals surface area contributed by atoms with Gasteiger partial charge in [-0.05, 0) is 66.4 Å². The first kappa shape index (κ1) is 21.6. The molecule has 1 N–H and O–H groups in total. The molecule has 0 spiro atoms. The molecule has 1 heterocycles. The van der Waals surface area contributed by atoms with Crippen molar-refractivity contribution in [3.05, 3.63) is 83.4 Å². The van der Waals surface area contributed by atoms with Crippen LogP contribution in [0.2, 0.25) is 0 Å². The minimum atomic E-state index is -0.0979. The molecule has 0 aliphatic carbocycles. The van der Waals surface area contributed by atoms with Gasteiger partial charge in [-0.2, -0.15) is 0 Å². The number of hydrogen-bond donors (Lipinski definition) is 1. The maximum absolute atomic E-state index is 13.1. The van der Waals surface area contributed by atoms with Gasteiger partial charge in [-0.3, -0.25) is 4.79 Å². The molecule has 0 saturated carbocycles. The maximum atomic E-state index is 13.1. The van der Waals surface area contributed by atoms with Crippen LogP contribution in [0.15, 0.2) is 66.7 Å². The number of nitrogens with zero attached hydrogens (tertiary/aromatic N) is 1. The molecular formula is C26H28N2O4. The number of hydrogen-bond acceptors (Lipinski definition) is 5. The number of benzene rings is 3. The number of amides is 1. The second-order valence-electron chi connectivity index (χ2n) is 8.06. The number of fused-ring (bicyclic) bond motifs is 1. The number of methoxy groups -OCH3 is 1. The Morgan fingerprint density at radius 3 is 2.44 bits per heavy atom. The first-order valence-electron chi connectivity index (χ1n) is 10.6. The van der Waals surface area contributed by atoms with Crippen molar-refractivity contribution in [2.24, 2.45) is 0 Å². The Kier molecular flexibility index (Phi) is 6.50. The van der Waals surface area contributed by atoms with Crippen molar-refractivity contribution in [1.82, 2.24) is 5.32 Å². The largest absolute Gasteiger partial charge is 0.497 e. The molecule has 1 aliphatic heterocycles. The van der Waals surface area contributed by atoms with Crippen molar-refractivity contribution in [3.63, 3.8) is 0 Å².